The lowest BCUT2D eigenvalue weighted by Gasteiger charge is -2.33. The van der Waals surface area contributed by atoms with Crippen LogP contribution in [0.25, 0.3) is 0 Å². The van der Waals surface area contributed by atoms with Gasteiger partial charge in [-0.05, 0) is 20.8 Å². The summed E-state index contributed by atoms with van der Waals surface area (Å²) >= 11 is 0. The zero-order valence-electron chi connectivity index (χ0n) is 10.2. The molecule has 10 nitrogen and oxygen atoms in total. The molecule has 0 aromatic heterocycles. The van der Waals surface area contributed by atoms with Crippen molar-refractivity contribution in [3.05, 3.63) is 0 Å². The molecule has 19 heavy (non-hydrogen) atoms. The molecule has 0 aromatic rings. The summed E-state index contributed by atoms with van der Waals surface area (Å²) in [7, 11) is -14.5. The number of hydrogen-bond donors (Lipinski definition) is 3. The third kappa shape index (κ3) is 4.94. The van der Waals surface area contributed by atoms with Crippen molar-refractivity contribution >= 4 is 30.4 Å². The van der Waals surface area contributed by atoms with Crippen LogP contribution in [0, 0.1) is 0 Å². The summed E-state index contributed by atoms with van der Waals surface area (Å²) in [5.41, 5.74) is 0. The average Bonchev–Trinajstić information content (AvgIpc) is 2.13. The van der Waals surface area contributed by atoms with Gasteiger partial charge in [-0.25, -0.2) is 4.90 Å². The van der Waals surface area contributed by atoms with Gasteiger partial charge in [0.15, 0.2) is 0 Å². The molecule has 0 rings (SSSR count). The maximum absolute atomic E-state index is 11.0. The second kappa shape index (κ2) is 5.59. The van der Waals surface area contributed by atoms with Crippen LogP contribution >= 0.6 is 0 Å². The lowest BCUT2D eigenvalue weighted by Crippen LogP contribution is -2.54. The highest BCUT2D eigenvalue weighted by molar-refractivity contribution is 7.88. The molecule has 0 radical (unpaired) electrons. The van der Waals surface area contributed by atoms with Crippen molar-refractivity contribution in [2.75, 3.05) is 0 Å². The molecule has 0 unspecified atom stereocenters. The highest BCUT2D eigenvalue weighted by atomic mass is 32.2. The van der Waals surface area contributed by atoms with E-state index in [2.05, 4.69) is 0 Å². The van der Waals surface area contributed by atoms with Crippen LogP contribution in [0.5, 0.6) is 0 Å². The number of rotatable bonds is 6. The highest BCUT2D eigenvalue weighted by Crippen LogP contribution is 2.20. The summed E-state index contributed by atoms with van der Waals surface area (Å²) in [6.07, 6.45) is 0. The van der Waals surface area contributed by atoms with Crippen molar-refractivity contribution in [2.24, 2.45) is 0 Å². The Morgan fingerprint density at radius 2 is 0.789 bits per heavy atom. The van der Waals surface area contributed by atoms with Crippen molar-refractivity contribution in [1.29, 1.82) is 0 Å². The Morgan fingerprint density at radius 1 is 0.632 bits per heavy atom. The quantitative estimate of drug-likeness (QED) is 0.509. The van der Waals surface area contributed by atoms with Gasteiger partial charge in [-0.3, -0.25) is 13.7 Å². The molecule has 0 spiro atoms. The lowest BCUT2D eigenvalue weighted by atomic mass is 10.5. The third-order valence-electron chi connectivity index (χ3n) is 2.55. The Hall–Kier alpha value is -0.310. The number of hydrogen-bond acceptors (Lipinski definition) is 7. The Bertz CT molecular complexity index is 529. The van der Waals surface area contributed by atoms with Crippen molar-refractivity contribution in [3.63, 3.8) is 0 Å². The summed E-state index contributed by atoms with van der Waals surface area (Å²) in [6.45, 7) is 2.41. The molecular weight excluding hydrogens is 326 g/mol. The molecule has 3 N–H and O–H groups in total. The molecule has 0 aliphatic carbocycles. The maximum atomic E-state index is 11.0. The Balaban J connectivity index is 5.93. The predicted octanol–water partition coefficient (Wildman–Crippen LogP) is -1.01. The molecule has 0 heterocycles. The molecular formula is C6H15NO9S3. The third-order valence-corrected chi connectivity index (χ3v) is 5.87. The van der Waals surface area contributed by atoms with Crippen LogP contribution in [0.3, 0.4) is 0 Å². The van der Waals surface area contributed by atoms with E-state index in [1.54, 1.807) is 0 Å². The molecule has 0 aliphatic rings. The molecule has 116 valence electrons. The van der Waals surface area contributed by atoms with Gasteiger partial charge in [0.25, 0.3) is 30.4 Å². The second-order valence-corrected chi connectivity index (χ2v) is 8.93. The topological polar surface area (TPSA) is 166 Å². The zero-order valence-corrected chi connectivity index (χ0v) is 12.6. The van der Waals surface area contributed by atoms with Crippen molar-refractivity contribution in [2.45, 2.75) is 36.9 Å². The normalized spacial score (nSPS) is 19.1. The fraction of sp³-hybridized carbons (Fsp3) is 1.00. The zero-order chi connectivity index (χ0) is 15.8. The van der Waals surface area contributed by atoms with E-state index < -0.39 is 46.5 Å². The first kappa shape index (κ1) is 18.7. The predicted molar refractivity (Wildman–Crippen MR) is 64.9 cm³/mol. The molecule has 0 aromatic carbocycles. The SMILES string of the molecule is C[C@H](N([C@@H](C)S(=O)(=O)O)[C@H](C)S(=O)(=O)O)S(=O)(=O)O. The van der Waals surface area contributed by atoms with E-state index in [-0.39, 0.29) is 4.90 Å². The minimum atomic E-state index is -4.84. The highest BCUT2D eigenvalue weighted by Gasteiger charge is 2.42. The lowest BCUT2D eigenvalue weighted by molar-refractivity contribution is 0.204. The van der Waals surface area contributed by atoms with Crippen molar-refractivity contribution in [1.82, 2.24) is 4.90 Å². The first-order valence-electron chi connectivity index (χ1n) is 4.76. The number of nitrogens with zero attached hydrogens (tertiary/aromatic N) is 1. The van der Waals surface area contributed by atoms with Crippen LogP contribution < -0.4 is 0 Å². The van der Waals surface area contributed by atoms with E-state index in [0.29, 0.717) is 0 Å². The van der Waals surface area contributed by atoms with Gasteiger partial charge in [0.2, 0.25) is 0 Å². The Kier molecular flexibility index (Phi) is 5.50. The van der Waals surface area contributed by atoms with Gasteiger partial charge in [0.05, 0.1) is 0 Å². The van der Waals surface area contributed by atoms with E-state index in [1.807, 2.05) is 0 Å². The van der Waals surface area contributed by atoms with Gasteiger partial charge in [-0.1, -0.05) is 0 Å². The van der Waals surface area contributed by atoms with Gasteiger partial charge in [-0.2, -0.15) is 25.3 Å². The maximum Gasteiger partial charge on any atom is 0.281 e. The first-order chi connectivity index (χ1) is 8.10. The minimum absolute atomic E-state index is 0.236. The van der Waals surface area contributed by atoms with Crippen LogP contribution in [-0.4, -0.2) is 59.9 Å². The van der Waals surface area contributed by atoms with Crippen molar-refractivity contribution in [3.8, 4) is 0 Å². The van der Waals surface area contributed by atoms with Crippen molar-refractivity contribution < 1.29 is 38.9 Å². The molecule has 0 bridgehead atoms. The summed E-state index contributed by atoms with van der Waals surface area (Å²) in [6, 6.07) is 0. The molecule has 3 atom stereocenters. The molecule has 0 amide bonds. The van der Waals surface area contributed by atoms with Crippen LogP contribution in [-0.2, 0) is 30.4 Å². The summed E-state index contributed by atoms with van der Waals surface area (Å²) in [4.78, 5) is 0.236. The Labute approximate surface area is 111 Å². The molecule has 0 saturated heterocycles. The minimum Gasteiger partial charge on any atom is -0.284 e. The largest absolute Gasteiger partial charge is 0.284 e. The summed E-state index contributed by atoms with van der Waals surface area (Å²) < 4.78 is 92.6. The summed E-state index contributed by atoms with van der Waals surface area (Å²) in [5.74, 6) is 0. The monoisotopic (exact) mass is 341 g/mol. The fourth-order valence-corrected chi connectivity index (χ4v) is 3.60. The van der Waals surface area contributed by atoms with E-state index >= 15 is 0 Å². The van der Waals surface area contributed by atoms with Gasteiger partial charge >= 0.3 is 0 Å². The van der Waals surface area contributed by atoms with Gasteiger partial charge < -0.3 is 0 Å². The average molecular weight is 341 g/mol. The van der Waals surface area contributed by atoms with Crippen LogP contribution in [0.15, 0.2) is 0 Å². The fourth-order valence-electron chi connectivity index (χ4n) is 1.35. The Morgan fingerprint density at radius 3 is 0.895 bits per heavy atom. The van der Waals surface area contributed by atoms with E-state index in [1.165, 1.54) is 0 Å². The van der Waals surface area contributed by atoms with Crippen LogP contribution in [0.1, 0.15) is 20.8 Å². The van der Waals surface area contributed by atoms with E-state index in [0.717, 1.165) is 20.8 Å². The van der Waals surface area contributed by atoms with Gasteiger partial charge in [0, 0.05) is 0 Å². The van der Waals surface area contributed by atoms with E-state index in [4.69, 9.17) is 13.7 Å². The molecule has 13 heteroatoms. The van der Waals surface area contributed by atoms with Gasteiger partial charge in [-0.15, -0.1) is 0 Å². The smallest absolute Gasteiger partial charge is 0.281 e. The summed E-state index contributed by atoms with van der Waals surface area (Å²) in [5, 5.41) is -5.95. The standard InChI is InChI=1S/C6H15NO9S3/c1-4(17(8,9)10)7(5(2)18(11,12)13)6(3)19(14,15)16/h4-6H,1-3H3,(H,8,9,10)(H,11,12,13)(H,14,15,16)/t4-,5-,6+/m1/s1. The van der Waals surface area contributed by atoms with Crippen LogP contribution in [0.4, 0.5) is 0 Å². The van der Waals surface area contributed by atoms with Crippen LogP contribution in [0.2, 0.25) is 0 Å². The first-order valence-corrected chi connectivity index (χ1v) is 9.27. The van der Waals surface area contributed by atoms with E-state index in [9.17, 15) is 25.3 Å². The molecule has 0 saturated carbocycles. The molecule has 0 fully saturated rings. The molecule has 0 aliphatic heterocycles. The second-order valence-electron chi connectivity index (χ2n) is 3.79. The van der Waals surface area contributed by atoms with Gasteiger partial charge in [0.1, 0.15) is 16.1 Å².